The highest BCUT2D eigenvalue weighted by atomic mass is 19.1. The van der Waals surface area contributed by atoms with Crippen LogP contribution in [0, 0.1) is 5.82 Å². The highest BCUT2D eigenvalue weighted by Gasteiger charge is 2.22. The Labute approximate surface area is 93.4 Å². The number of halogens is 1. The minimum atomic E-state index is -0.267. The molecule has 0 spiro atoms. The third-order valence-electron chi connectivity index (χ3n) is 2.27. The van der Waals surface area contributed by atoms with Crippen molar-refractivity contribution in [2.24, 2.45) is 0 Å². The van der Waals surface area contributed by atoms with Gasteiger partial charge >= 0.3 is 6.03 Å². The van der Waals surface area contributed by atoms with Gasteiger partial charge in [-0.3, -0.25) is 0 Å². The maximum absolute atomic E-state index is 12.6. The summed E-state index contributed by atoms with van der Waals surface area (Å²) in [5, 5.41) is 5.38. The molecule has 1 fully saturated rings. The van der Waals surface area contributed by atoms with Crippen LogP contribution in [0.2, 0.25) is 0 Å². The second-order valence-corrected chi connectivity index (χ2v) is 3.78. The van der Waals surface area contributed by atoms with Gasteiger partial charge < -0.3 is 10.6 Å². The number of nitrogens with one attached hydrogen (secondary N) is 2. The van der Waals surface area contributed by atoms with E-state index in [1.54, 1.807) is 24.4 Å². The van der Waals surface area contributed by atoms with Crippen LogP contribution in [0.1, 0.15) is 18.4 Å². The van der Waals surface area contributed by atoms with Gasteiger partial charge in [0.1, 0.15) is 5.82 Å². The van der Waals surface area contributed by atoms with Gasteiger partial charge in [0.25, 0.3) is 0 Å². The lowest BCUT2D eigenvalue weighted by Gasteiger charge is -2.01. The number of carbonyl (C=O) groups is 1. The molecule has 2 amide bonds. The fourth-order valence-corrected chi connectivity index (χ4v) is 1.24. The molecule has 2 rings (SSSR count). The van der Waals surface area contributed by atoms with Crippen LogP contribution in [0.3, 0.4) is 0 Å². The molecule has 1 aromatic rings. The molecule has 1 saturated carbocycles. The van der Waals surface area contributed by atoms with Crippen LogP contribution < -0.4 is 10.6 Å². The Hall–Kier alpha value is -1.84. The topological polar surface area (TPSA) is 41.1 Å². The van der Waals surface area contributed by atoms with Crippen molar-refractivity contribution in [3.05, 3.63) is 41.8 Å². The van der Waals surface area contributed by atoms with E-state index in [2.05, 4.69) is 10.6 Å². The third kappa shape index (κ3) is 3.38. The molecule has 0 atom stereocenters. The highest BCUT2D eigenvalue weighted by molar-refractivity contribution is 5.76. The monoisotopic (exact) mass is 220 g/mol. The highest BCUT2D eigenvalue weighted by Crippen LogP contribution is 2.18. The zero-order chi connectivity index (χ0) is 11.4. The van der Waals surface area contributed by atoms with Gasteiger partial charge in [0.15, 0.2) is 0 Å². The molecule has 3 nitrogen and oxygen atoms in total. The number of carbonyl (C=O) groups excluding carboxylic acids is 1. The van der Waals surface area contributed by atoms with Crippen molar-refractivity contribution in [1.82, 2.24) is 10.6 Å². The molecule has 0 bridgehead atoms. The van der Waals surface area contributed by atoms with Crippen molar-refractivity contribution in [3.63, 3.8) is 0 Å². The first kappa shape index (κ1) is 10.7. The van der Waals surface area contributed by atoms with Crippen LogP contribution >= 0.6 is 0 Å². The second kappa shape index (κ2) is 4.79. The molecule has 0 unspecified atom stereocenters. The average Bonchev–Trinajstić information content (AvgIpc) is 3.05. The average molecular weight is 220 g/mol. The molecule has 0 radical (unpaired) electrons. The van der Waals surface area contributed by atoms with Crippen molar-refractivity contribution >= 4 is 12.1 Å². The lowest BCUT2D eigenvalue weighted by Crippen LogP contribution is -2.33. The van der Waals surface area contributed by atoms with E-state index in [1.807, 2.05) is 0 Å². The van der Waals surface area contributed by atoms with E-state index >= 15 is 0 Å². The van der Waals surface area contributed by atoms with Gasteiger partial charge in [-0.05, 0) is 36.6 Å². The number of hydrogen-bond donors (Lipinski definition) is 2. The standard InChI is InChI=1S/C12H13FN2O/c13-10-3-1-9(2-4-10)7-8-14-12(16)15-11-5-6-11/h1-4,7-8,11H,5-6H2,(H2,14,15,16)/b8-7+. The molecule has 1 aliphatic rings. The van der Waals surface area contributed by atoms with E-state index in [0.717, 1.165) is 18.4 Å². The molecular weight excluding hydrogens is 207 g/mol. The van der Waals surface area contributed by atoms with Gasteiger partial charge in [-0.15, -0.1) is 0 Å². The van der Waals surface area contributed by atoms with Gasteiger partial charge in [-0.2, -0.15) is 0 Å². The molecule has 2 N–H and O–H groups in total. The van der Waals surface area contributed by atoms with Crippen LogP contribution in [0.15, 0.2) is 30.5 Å². The normalized spacial score (nSPS) is 15.1. The molecule has 16 heavy (non-hydrogen) atoms. The molecule has 1 aliphatic carbocycles. The maximum Gasteiger partial charge on any atom is 0.318 e. The number of hydrogen-bond acceptors (Lipinski definition) is 1. The predicted molar refractivity (Wildman–Crippen MR) is 60.1 cm³/mol. The van der Waals surface area contributed by atoms with Crippen molar-refractivity contribution in [1.29, 1.82) is 0 Å². The van der Waals surface area contributed by atoms with E-state index < -0.39 is 0 Å². The smallest absolute Gasteiger partial charge is 0.318 e. The van der Waals surface area contributed by atoms with Crippen molar-refractivity contribution in [3.8, 4) is 0 Å². The van der Waals surface area contributed by atoms with Gasteiger partial charge in [-0.25, -0.2) is 9.18 Å². The molecule has 0 aliphatic heterocycles. The van der Waals surface area contributed by atoms with E-state index in [9.17, 15) is 9.18 Å². The maximum atomic E-state index is 12.6. The summed E-state index contributed by atoms with van der Waals surface area (Å²) < 4.78 is 12.6. The van der Waals surface area contributed by atoms with Gasteiger partial charge in [0.2, 0.25) is 0 Å². The lowest BCUT2D eigenvalue weighted by atomic mass is 10.2. The summed E-state index contributed by atoms with van der Waals surface area (Å²) in [7, 11) is 0. The van der Waals surface area contributed by atoms with Crippen LogP contribution in [-0.2, 0) is 0 Å². The first-order chi connectivity index (χ1) is 7.74. The SMILES string of the molecule is O=C(N/C=C/c1ccc(F)cc1)NC1CC1. The molecule has 0 heterocycles. The zero-order valence-electron chi connectivity index (χ0n) is 8.74. The van der Waals surface area contributed by atoms with E-state index in [4.69, 9.17) is 0 Å². The van der Waals surface area contributed by atoms with Crippen LogP contribution in [0.25, 0.3) is 6.08 Å². The van der Waals surface area contributed by atoms with Gasteiger partial charge in [0.05, 0.1) is 0 Å². The molecule has 0 saturated heterocycles. The fraction of sp³-hybridized carbons (Fsp3) is 0.250. The van der Waals surface area contributed by atoms with E-state index in [1.165, 1.54) is 12.1 Å². The quantitative estimate of drug-likeness (QED) is 0.806. The summed E-state index contributed by atoms with van der Waals surface area (Å²) in [6, 6.07) is 6.20. The number of urea groups is 1. The number of benzene rings is 1. The Morgan fingerprint density at radius 1 is 1.31 bits per heavy atom. The largest absolute Gasteiger partial charge is 0.335 e. The fourth-order valence-electron chi connectivity index (χ4n) is 1.24. The second-order valence-electron chi connectivity index (χ2n) is 3.78. The Morgan fingerprint density at radius 3 is 2.62 bits per heavy atom. The zero-order valence-corrected chi connectivity index (χ0v) is 8.74. The number of amides is 2. The molecular formula is C12H13FN2O. The summed E-state index contributed by atoms with van der Waals surface area (Å²) in [6.07, 6.45) is 5.39. The lowest BCUT2D eigenvalue weighted by molar-refractivity contribution is 0.244. The minimum absolute atomic E-state index is 0.194. The molecule has 0 aromatic heterocycles. The summed E-state index contributed by atoms with van der Waals surface area (Å²) in [4.78, 5) is 11.2. The summed E-state index contributed by atoms with van der Waals surface area (Å²) >= 11 is 0. The van der Waals surface area contributed by atoms with E-state index in [0.29, 0.717) is 6.04 Å². The van der Waals surface area contributed by atoms with Crippen molar-refractivity contribution < 1.29 is 9.18 Å². The summed E-state index contributed by atoms with van der Waals surface area (Å²) in [5.41, 5.74) is 0.841. The van der Waals surface area contributed by atoms with Crippen molar-refractivity contribution in [2.75, 3.05) is 0 Å². The van der Waals surface area contributed by atoms with E-state index in [-0.39, 0.29) is 11.8 Å². The predicted octanol–water partition coefficient (Wildman–Crippen LogP) is 2.26. The first-order valence-electron chi connectivity index (χ1n) is 5.23. The Kier molecular flexibility index (Phi) is 3.19. The summed E-state index contributed by atoms with van der Waals surface area (Å²) in [5.74, 6) is -0.267. The summed E-state index contributed by atoms with van der Waals surface area (Å²) in [6.45, 7) is 0. The Bertz CT molecular complexity index is 396. The van der Waals surface area contributed by atoms with Crippen LogP contribution in [-0.4, -0.2) is 12.1 Å². The number of rotatable bonds is 3. The minimum Gasteiger partial charge on any atom is -0.335 e. The van der Waals surface area contributed by atoms with Gasteiger partial charge in [0, 0.05) is 12.2 Å². The first-order valence-corrected chi connectivity index (χ1v) is 5.23. The molecule has 1 aromatic carbocycles. The third-order valence-corrected chi connectivity index (χ3v) is 2.27. The van der Waals surface area contributed by atoms with Crippen LogP contribution in [0.5, 0.6) is 0 Å². The van der Waals surface area contributed by atoms with Crippen molar-refractivity contribution in [2.45, 2.75) is 18.9 Å². The Morgan fingerprint density at radius 2 is 2.00 bits per heavy atom. The molecule has 4 heteroatoms. The molecule has 84 valence electrons. The Balaban J connectivity index is 1.79. The van der Waals surface area contributed by atoms with Crippen LogP contribution in [0.4, 0.5) is 9.18 Å². The van der Waals surface area contributed by atoms with Gasteiger partial charge in [-0.1, -0.05) is 12.1 Å².